The van der Waals surface area contributed by atoms with Gasteiger partial charge in [-0.2, -0.15) is 0 Å². The van der Waals surface area contributed by atoms with Crippen LogP contribution in [-0.4, -0.2) is 28.6 Å². The Bertz CT molecular complexity index is 739. The molecule has 1 aromatic carbocycles. The predicted octanol–water partition coefficient (Wildman–Crippen LogP) is 3.20. The van der Waals surface area contributed by atoms with Crippen molar-refractivity contribution in [1.82, 2.24) is 4.98 Å². The zero-order valence-electron chi connectivity index (χ0n) is 10.7. The lowest BCUT2D eigenvalue weighted by molar-refractivity contribution is 0.0687. The van der Waals surface area contributed by atoms with Crippen molar-refractivity contribution >= 4 is 39.0 Å². The van der Waals surface area contributed by atoms with Crippen molar-refractivity contribution in [3.63, 3.8) is 0 Å². The van der Waals surface area contributed by atoms with Gasteiger partial charge in [0.2, 0.25) is 6.79 Å². The summed E-state index contributed by atoms with van der Waals surface area (Å²) >= 11 is 4.41. The topological polar surface area (TPSA) is 85.7 Å². The highest BCUT2D eigenvalue weighted by Crippen LogP contribution is 2.43. The molecule has 0 amide bonds. The normalized spacial score (nSPS) is 12.5. The molecule has 0 spiro atoms. The van der Waals surface area contributed by atoms with Crippen LogP contribution in [-0.2, 0) is 0 Å². The Morgan fingerprint density at radius 1 is 1.38 bits per heavy atom. The number of ether oxygens (including phenoxy) is 2. The number of benzene rings is 1. The number of aromatic nitrogens is 1. The van der Waals surface area contributed by atoms with Crippen molar-refractivity contribution in [3.05, 3.63) is 27.2 Å². The minimum absolute atomic E-state index is 0.131. The first-order valence-electron chi connectivity index (χ1n) is 5.82. The minimum Gasteiger partial charge on any atom is -0.476 e. The Morgan fingerprint density at radius 3 is 2.76 bits per heavy atom. The summed E-state index contributed by atoms with van der Waals surface area (Å²) in [6, 6.07) is 3.46. The van der Waals surface area contributed by atoms with Gasteiger partial charge in [-0.3, -0.25) is 4.79 Å². The molecule has 0 radical (unpaired) electrons. The fraction of sp³-hybridized carbons (Fsp3) is 0.154. The molecule has 108 valence electrons. The molecule has 2 aromatic rings. The quantitative estimate of drug-likeness (QED) is 0.836. The molecule has 0 atom stereocenters. The number of thiazole rings is 1. The summed E-state index contributed by atoms with van der Waals surface area (Å²) in [6.07, 6.45) is 0. The zero-order valence-corrected chi connectivity index (χ0v) is 13.1. The first-order chi connectivity index (χ1) is 9.97. The molecule has 1 aromatic heterocycles. The van der Waals surface area contributed by atoms with Crippen LogP contribution in [0.25, 0.3) is 10.6 Å². The molecule has 0 aliphatic carbocycles. The van der Waals surface area contributed by atoms with Gasteiger partial charge >= 0.3 is 5.97 Å². The van der Waals surface area contributed by atoms with Gasteiger partial charge in [0, 0.05) is 12.5 Å². The van der Waals surface area contributed by atoms with Gasteiger partial charge in [-0.15, -0.1) is 11.3 Å². The summed E-state index contributed by atoms with van der Waals surface area (Å²) in [6.45, 7) is 1.45. The SMILES string of the molecule is CC(=O)c1sc(-c2cc(Br)c3c(c2)OCO3)nc1C(=O)O. The number of fused-ring (bicyclic) bond motifs is 1. The van der Waals surface area contributed by atoms with Crippen molar-refractivity contribution in [3.8, 4) is 22.1 Å². The van der Waals surface area contributed by atoms with Crippen molar-refractivity contribution < 1.29 is 24.2 Å². The summed E-state index contributed by atoms with van der Waals surface area (Å²) < 4.78 is 11.3. The van der Waals surface area contributed by atoms with E-state index in [1.54, 1.807) is 12.1 Å². The Morgan fingerprint density at radius 2 is 2.14 bits per heavy atom. The summed E-state index contributed by atoms with van der Waals surface area (Å²) in [4.78, 5) is 26.9. The van der Waals surface area contributed by atoms with Gasteiger partial charge in [0.1, 0.15) is 9.88 Å². The first-order valence-corrected chi connectivity index (χ1v) is 7.43. The number of aromatic carboxylic acids is 1. The van der Waals surface area contributed by atoms with Gasteiger partial charge in [0.15, 0.2) is 23.0 Å². The molecule has 21 heavy (non-hydrogen) atoms. The van der Waals surface area contributed by atoms with E-state index in [0.29, 0.717) is 26.5 Å². The number of halogens is 1. The molecule has 6 nitrogen and oxygen atoms in total. The molecule has 3 rings (SSSR count). The number of ketones is 1. The maximum atomic E-state index is 11.5. The van der Waals surface area contributed by atoms with Crippen LogP contribution in [0.4, 0.5) is 0 Å². The van der Waals surface area contributed by atoms with Gasteiger partial charge in [-0.1, -0.05) is 0 Å². The number of nitrogens with zero attached hydrogens (tertiary/aromatic N) is 1. The van der Waals surface area contributed by atoms with E-state index in [1.165, 1.54) is 6.92 Å². The van der Waals surface area contributed by atoms with Crippen LogP contribution in [0.15, 0.2) is 16.6 Å². The molecule has 1 aliphatic heterocycles. The molecular weight excluding hydrogens is 362 g/mol. The van der Waals surface area contributed by atoms with Gasteiger partial charge < -0.3 is 14.6 Å². The summed E-state index contributed by atoms with van der Waals surface area (Å²) in [5.41, 5.74) is 0.433. The Hall–Kier alpha value is -1.93. The number of carboxylic acids is 1. The van der Waals surface area contributed by atoms with Crippen LogP contribution in [0.5, 0.6) is 11.5 Å². The van der Waals surface area contributed by atoms with Crippen LogP contribution >= 0.6 is 27.3 Å². The largest absolute Gasteiger partial charge is 0.476 e. The van der Waals surface area contributed by atoms with Crippen molar-refractivity contribution in [2.45, 2.75) is 6.92 Å². The summed E-state index contributed by atoms with van der Waals surface area (Å²) in [5.74, 6) is -0.394. The monoisotopic (exact) mass is 369 g/mol. The van der Waals surface area contributed by atoms with E-state index in [2.05, 4.69) is 20.9 Å². The number of carbonyl (C=O) groups excluding carboxylic acids is 1. The molecule has 1 aliphatic rings. The van der Waals surface area contributed by atoms with E-state index in [1.807, 2.05) is 0 Å². The van der Waals surface area contributed by atoms with Crippen molar-refractivity contribution in [1.29, 1.82) is 0 Å². The maximum absolute atomic E-state index is 11.5. The molecule has 0 saturated carbocycles. The van der Waals surface area contributed by atoms with Gasteiger partial charge in [0.05, 0.1) is 4.47 Å². The van der Waals surface area contributed by atoms with Crippen LogP contribution in [0.3, 0.4) is 0 Å². The van der Waals surface area contributed by atoms with E-state index in [9.17, 15) is 9.59 Å². The van der Waals surface area contributed by atoms with E-state index in [0.717, 1.165) is 11.3 Å². The number of rotatable bonds is 3. The van der Waals surface area contributed by atoms with Gasteiger partial charge in [-0.25, -0.2) is 9.78 Å². The van der Waals surface area contributed by atoms with E-state index >= 15 is 0 Å². The van der Waals surface area contributed by atoms with E-state index in [-0.39, 0.29) is 23.1 Å². The lowest BCUT2D eigenvalue weighted by Crippen LogP contribution is -2.03. The van der Waals surface area contributed by atoms with E-state index in [4.69, 9.17) is 14.6 Å². The fourth-order valence-electron chi connectivity index (χ4n) is 1.92. The average Bonchev–Trinajstić information content (AvgIpc) is 3.05. The van der Waals surface area contributed by atoms with Crippen LogP contribution < -0.4 is 9.47 Å². The highest BCUT2D eigenvalue weighted by atomic mass is 79.9. The Balaban J connectivity index is 2.13. The fourth-order valence-corrected chi connectivity index (χ4v) is 3.41. The van der Waals surface area contributed by atoms with Crippen LogP contribution in [0, 0.1) is 0 Å². The van der Waals surface area contributed by atoms with Crippen molar-refractivity contribution in [2.24, 2.45) is 0 Å². The third kappa shape index (κ3) is 2.40. The number of carboxylic acid groups (broad SMARTS) is 1. The third-order valence-corrected chi connectivity index (χ3v) is 4.62. The molecular formula is C13H8BrNO5S. The highest BCUT2D eigenvalue weighted by molar-refractivity contribution is 9.10. The third-order valence-electron chi connectivity index (χ3n) is 2.82. The lowest BCUT2D eigenvalue weighted by atomic mass is 10.2. The molecule has 0 saturated heterocycles. The second kappa shape index (κ2) is 5.12. The first kappa shape index (κ1) is 14.0. The number of Topliss-reactive ketones (excluding diaryl/α,β-unsaturated/α-hetero) is 1. The second-order valence-electron chi connectivity index (χ2n) is 4.25. The second-order valence-corrected chi connectivity index (χ2v) is 6.10. The summed E-state index contributed by atoms with van der Waals surface area (Å²) in [7, 11) is 0. The van der Waals surface area contributed by atoms with Gasteiger partial charge in [0.25, 0.3) is 0 Å². The molecule has 1 N–H and O–H groups in total. The minimum atomic E-state index is -1.22. The molecule has 0 fully saturated rings. The zero-order chi connectivity index (χ0) is 15.1. The van der Waals surface area contributed by atoms with Crippen LogP contribution in [0.2, 0.25) is 0 Å². The lowest BCUT2D eigenvalue weighted by Gasteiger charge is -2.02. The van der Waals surface area contributed by atoms with Crippen LogP contribution in [0.1, 0.15) is 27.1 Å². The maximum Gasteiger partial charge on any atom is 0.356 e. The number of carbonyl (C=O) groups is 2. The summed E-state index contributed by atoms with van der Waals surface area (Å²) in [5, 5.41) is 9.56. The molecule has 0 bridgehead atoms. The van der Waals surface area contributed by atoms with E-state index < -0.39 is 5.97 Å². The van der Waals surface area contributed by atoms with Gasteiger partial charge in [-0.05, 0) is 28.1 Å². The average molecular weight is 370 g/mol. The smallest absolute Gasteiger partial charge is 0.356 e. The molecule has 0 unspecified atom stereocenters. The Labute approximate surface area is 131 Å². The number of hydrogen-bond acceptors (Lipinski definition) is 6. The molecule has 8 heteroatoms. The highest BCUT2D eigenvalue weighted by Gasteiger charge is 2.24. The molecule has 2 heterocycles. The standard InChI is InChI=1S/C13H8BrNO5S/c1-5(16)11-9(13(17)18)15-12(21-11)6-2-7(14)10-8(3-6)19-4-20-10/h2-3H,4H2,1H3,(H,17,18). The number of hydrogen-bond donors (Lipinski definition) is 1. The van der Waals surface area contributed by atoms with Crippen molar-refractivity contribution in [2.75, 3.05) is 6.79 Å². The predicted molar refractivity (Wildman–Crippen MR) is 78.3 cm³/mol. The Kier molecular flexibility index (Phi) is 3.42.